The van der Waals surface area contributed by atoms with Gasteiger partial charge in [0.2, 0.25) is 0 Å². The fourth-order valence-corrected chi connectivity index (χ4v) is 1.86. The van der Waals surface area contributed by atoms with Gasteiger partial charge in [-0.1, -0.05) is 0 Å². The van der Waals surface area contributed by atoms with Crippen LogP contribution in [0.15, 0.2) is 30.3 Å². The molecule has 2 aromatic rings. The Hall–Kier alpha value is -2.38. The lowest BCUT2D eigenvalue weighted by atomic mass is 10.1. The van der Waals surface area contributed by atoms with E-state index in [9.17, 15) is 22.4 Å². The molecular formula is C14H12F4N2O2. The zero-order valence-electron chi connectivity index (χ0n) is 11.5. The summed E-state index contributed by atoms with van der Waals surface area (Å²) in [5.41, 5.74) is 0.138. The number of benzene rings is 1. The molecular weight excluding hydrogens is 304 g/mol. The molecule has 2 rings (SSSR count). The van der Waals surface area contributed by atoms with Crippen LogP contribution < -0.4 is 0 Å². The first-order chi connectivity index (χ1) is 10.3. The second-order valence-corrected chi connectivity index (χ2v) is 4.42. The number of alkyl halides is 3. The smallest absolute Gasteiger partial charge is 0.408 e. The maximum absolute atomic E-state index is 12.9. The molecule has 0 N–H and O–H groups in total. The van der Waals surface area contributed by atoms with Crippen LogP contribution in [0.5, 0.6) is 0 Å². The molecule has 0 amide bonds. The van der Waals surface area contributed by atoms with Crippen LogP contribution in [0.1, 0.15) is 17.4 Å². The van der Waals surface area contributed by atoms with Crippen molar-refractivity contribution >= 4 is 5.97 Å². The Kier molecular flexibility index (Phi) is 4.48. The predicted octanol–water partition coefficient (Wildman–Crippen LogP) is 3.43. The molecule has 0 fully saturated rings. The van der Waals surface area contributed by atoms with Gasteiger partial charge in [0, 0.05) is 5.56 Å². The molecule has 118 valence electrons. The minimum atomic E-state index is -4.51. The van der Waals surface area contributed by atoms with Crippen molar-refractivity contribution in [1.82, 2.24) is 9.78 Å². The van der Waals surface area contributed by atoms with Gasteiger partial charge < -0.3 is 4.74 Å². The molecule has 0 aliphatic carbocycles. The van der Waals surface area contributed by atoms with Crippen LogP contribution in [0, 0.1) is 5.82 Å². The largest absolute Gasteiger partial charge is 0.461 e. The molecule has 1 aromatic carbocycles. The van der Waals surface area contributed by atoms with Gasteiger partial charge in [0.05, 0.1) is 12.3 Å². The highest BCUT2D eigenvalue weighted by Gasteiger charge is 2.30. The average Bonchev–Trinajstić information content (AvgIpc) is 2.82. The summed E-state index contributed by atoms with van der Waals surface area (Å²) in [7, 11) is 0. The Morgan fingerprint density at radius 1 is 1.27 bits per heavy atom. The van der Waals surface area contributed by atoms with E-state index in [-0.39, 0.29) is 18.0 Å². The predicted molar refractivity (Wildman–Crippen MR) is 69.6 cm³/mol. The Balaban J connectivity index is 2.45. The van der Waals surface area contributed by atoms with Gasteiger partial charge in [-0.3, -0.25) is 4.68 Å². The van der Waals surface area contributed by atoms with E-state index in [2.05, 4.69) is 5.10 Å². The second kappa shape index (κ2) is 6.17. The van der Waals surface area contributed by atoms with Crippen LogP contribution in [0.3, 0.4) is 0 Å². The van der Waals surface area contributed by atoms with Crippen molar-refractivity contribution in [1.29, 1.82) is 0 Å². The van der Waals surface area contributed by atoms with Crippen molar-refractivity contribution in [3.8, 4) is 11.3 Å². The van der Waals surface area contributed by atoms with Crippen LogP contribution >= 0.6 is 0 Å². The summed E-state index contributed by atoms with van der Waals surface area (Å²) in [6.07, 6.45) is -4.51. The Bertz CT molecular complexity index is 662. The molecule has 0 atom stereocenters. The standard InChI is InChI=1S/C14H12F4N2O2/c1-2-22-13(21)11-7-12(9-3-5-10(15)6-4-9)20(19-11)8-14(16,17)18/h3-7H,2,8H2,1H3. The van der Waals surface area contributed by atoms with E-state index in [1.54, 1.807) is 6.92 Å². The topological polar surface area (TPSA) is 44.1 Å². The minimum absolute atomic E-state index is 0.0559. The maximum Gasteiger partial charge on any atom is 0.408 e. The highest BCUT2D eigenvalue weighted by atomic mass is 19.4. The first kappa shape index (κ1) is 16.0. The zero-order valence-corrected chi connectivity index (χ0v) is 11.5. The molecule has 0 unspecified atom stereocenters. The molecule has 1 aromatic heterocycles. The maximum atomic E-state index is 12.9. The molecule has 4 nitrogen and oxygen atoms in total. The van der Waals surface area contributed by atoms with Crippen molar-refractivity contribution in [2.75, 3.05) is 6.61 Å². The third kappa shape index (κ3) is 3.84. The molecule has 8 heteroatoms. The van der Waals surface area contributed by atoms with Crippen LogP contribution in [0.25, 0.3) is 11.3 Å². The van der Waals surface area contributed by atoms with Gasteiger partial charge >= 0.3 is 12.1 Å². The molecule has 0 saturated heterocycles. The number of nitrogens with zero attached hydrogens (tertiary/aromatic N) is 2. The molecule has 0 aliphatic rings. The molecule has 0 radical (unpaired) electrons. The van der Waals surface area contributed by atoms with Gasteiger partial charge in [0.15, 0.2) is 5.69 Å². The summed E-state index contributed by atoms with van der Waals surface area (Å²) < 4.78 is 56.2. The first-order valence-corrected chi connectivity index (χ1v) is 6.38. The van der Waals surface area contributed by atoms with E-state index >= 15 is 0 Å². The molecule has 0 bridgehead atoms. The first-order valence-electron chi connectivity index (χ1n) is 6.38. The number of carbonyl (C=O) groups excluding carboxylic acids is 1. The number of hydrogen-bond donors (Lipinski definition) is 0. The summed E-state index contributed by atoms with van der Waals surface area (Å²) in [6, 6.07) is 6.05. The van der Waals surface area contributed by atoms with Crippen molar-refractivity contribution in [3.63, 3.8) is 0 Å². The number of halogens is 4. The summed E-state index contributed by atoms with van der Waals surface area (Å²) in [5, 5.41) is 3.64. The number of hydrogen-bond acceptors (Lipinski definition) is 3. The molecule has 0 spiro atoms. The Morgan fingerprint density at radius 2 is 1.91 bits per heavy atom. The number of carbonyl (C=O) groups is 1. The highest BCUT2D eigenvalue weighted by Crippen LogP contribution is 2.25. The van der Waals surface area contributed by atoms with Gasteiger partial charge in [0.1, 0.15) is 12.4 Å². The summed E-state index contributed by atoms with van der Waals surface area (Å²) in [6.45, 7) is 0.293. The SMILES string of the molecule is CCOC(=O)c1cc(-c2ccc(F)cc2)n(CC(F)(F)F)n1. The molecule has 0 saturated carbocycles. The lowest BCUT2D eigenvalue weighted by Gasteiger charge is -2.10. The van der Waals surface area contributed by atoms with Gasteiger partial charge in [-0.25, -0.2) is 9.18 Å². The number of ether oxygens (including phenoxy) is 1. The quantitative estimate of drug-likeness (QED) is 0.641. The molecule has 22 heavy (non-hydrogen) atoms. The fraction of sp³-hybridized carbons (Fsp3) is 0.286. The highest BCUT2D eigenvalue weighted by molar-refractivity contribution is 5.88. The fourth-order valence-electron chi connectivity index (χ4n) is 1.86. The lowest BCUT2D eigenvalue weighted by Crippen LogP contribution is -2.20. The summed E-state index contributed by atoms with van der Waals surface area (Å²) >= 11 is 0. The van der Waals surface area contributed by atoms with Crippen LogP contribution in [-0.2, 0) is 11.3 Å². The van der Waals surface area contributed by atoms with Crippen molar-refractivity contribution < 1.29 is 27.1 Å². The van der Waals surface area contributed by atoms with Crippen molar-refractivity contribution in [2.45, 2.75) is 19.6 Å². The third-order valence-electron chi connectivity index (χ3n) is 2.73. The van der Waals surface area contributed by atoms with Crippen LogP contribution in [-0.4, -0.2) is 28.5 Å². The molecule has 1 heterocycles. The second-order valence-electron chi connectivity index (χ2n) is 4.42. The lowest BCUT2D eigenvalue weighted by molar-refractivity contribution is -0.142. The van der Waals surface area contributed by atoms with Gasteiger partial charge in [-0.05, 0) is 37.3 Å². The van der Waals surface area contributed by atoms with Crippen molar-refractivity contribution in [3.05, 3.63) is 41.8 Å². The monoisotopic (exact) mass is 316 g/mol. The summed E-state index contributed by atoms with van der Waals surface area (Å²) in [5.74, 6) is -1.33. The number of rotatable bonds is 4. The van der Waals surface area contributed by atoms with Gasteiger partial charge in [-0.15, -0.1) is 0 Å². The van der Waals surface area contributed by atoms with Crippen LogP contribution in [0.2, 0.25) is 0 Å². The third-order valence-corrected chi connectivity index (χ3v) is 2.73. The number of esters is 1. The number of aromatic nitrogens is 2. The van der Waals surface area contributed by atoms with Crippen molar-refractivity contribution in [2.24, 2.45) is 0 Å². The zero-order chi connectivity index (χ0) is 16.3. The molecule has 0 aliphatic heterocycles. The minimum Gasteiger partial charge on any atom is -0.461 e. The average molecular weight is 316 g/mol. The van der Waals surface area contributed by atoms with E-state index in [0.717, 1.165) is 12.1 Å². The summed E-state index contributed by atoms with van der Waals surface area (Å²) in [4.78, 5) is 11.6. The van der Waals surface area contributed by atoms with Crippen LogP contribution in [0.4, 0.5) is 17.6 Å². The Labute approximate surface area is 123 Å². The van der Waals surface area contributed by atoms with E-state index in [0.29, 0.717) is 10.2 Å². The van der Waals surface area contributed by atoms with Gasteiger partial charge in [-0.2, -0.15) is 18.3 Å². The van der Waals surface area contributed by atoms with E-state index < -0.39 is 24.5 Å². The van der Waals surface area contributed by atoms with E-state index in [4.69, 9.17) is 4.74 Å². The Morgan fingerprint density at radius 3 is 2.45 bits per heavy atom. The van der Waals surface area contributed by atoms with Gasteiger partial charge in [0.25, 0.3) is 0 Å². The van der Waals surface area contributed by atoms with E-state index in [1.165, 1.54) is 18.2 Å². The van der Waals surface area contributed by atoms with E-state index in [1.807, 2.05) is 0 Å². The normalized spacial score (nSPS) is 11.5.